The Balaban J connectivity index is 2.90. The lowest BCUT2D eigenvalue weighted by Gasteiger charge is -2.26. The summed E-state index contributed by atoms with van der Waals surface area (Å²) in [6.07, 6.45) is 3.02. The van der Waals surface area contributed by atoms with E-state index in [1.54, 1.807) is 11.8 Å². The number of carbonyl (C=O) groups is 1. The first kappa shape index (κ1) is 16.1. The summed E-state index contributed by atoms with van der Waals surface area (Å²) in [5.41, 5.74) is 6.16. The number of thiophene rings is 1. The highest BCUT2D eigenvalue weighted by atomic mass is 32.2. The Labute approximate surface area is 123 Å². The molecule has 0 radical (unpaired) electrons. The van der Waals surface area contributed by atoms with E-state index in [9.17, 15) is 4.79 Å². The fraction of sp³-hybridized carbons (Fsp3) is 0.500. The molecule has 1 amide bonds. The third kappa shape index (κ3) is 4.27. The van der Waals surface area contributed by atoms with Crippen molar-refractivity contribution in [2.75, 3.05) is 25.6 Å². The quantitative estimate of drug-likeness (QED) is 0.848. The molecule has 1 aromatic rings. The molecular weight excluding hydrogens is 276 g/mol. The summed E-state index contributed by atoms with van der Waals surface area (Å²) in [6.45, 7) is 2.41. The summed E-state index contributed by atoms with van der Waals surface area (Å²) >= 11 is 3.20. The highest BCUT2D eigenvalue weighted by molar-refractivity contribution is 7.98. The van der Waals surface area contributed by atoms with Crippen LogP contribution in [0, 0.1) is 11.8 Å². The van der Waals surface area contributed by atoms with E-state index in [2.05, 4.69) is 25.0 Å². The molecule has 19 heavy (non-hydrogen) atoms. The second-order valence-electron chi connectivity index (χ2n) is 4.10. The van der Waals surface area contributed by atoms with Crippen molar-refractivity contribution in [3.05, 3.63) is 21.9 Å². The summed E-state index contributed by atoms with van der Waals surface area (Å²) in [7, 11) is 1.87. The normalized spacial score (nSPS) is 11.6. The standard InChI is InChI=1S/C14H20N2OS2/c1-4-12(10-18-3)16(2)14(17)13-11(6-5-8-15)7-9-19-13/h7,9,12H,4,8,10,15H2,1-3H3. The molecule has 3 nitrogen and oxygen atoms in total. The Hall–Kier alpha value is -0.960. The van der Waals surface area contributed by atoms with E-state index in [4.69, 9.17) is 5.73 Å². The Morgan fingerprint density at radius 2 is 2.37 bits per heavy atom. The highest BCUT2D eigenvalue weighted by Gasteiger charge is 2.22. The van der Waals surface area contributed by atoms with Crippen molar-refractivity contribution >= 4 is 29.0 Å². The summed E-state index contributed by atoms with van der Waals surface area (Å²) in [5.74, 6) is 6.77. The van der Waals surface area contributed by atoms with Gasteiger partial charge in [0, 0.05) is 24.4 Å². The van der Waals surface area contributed by atoms with Gasteiger partial charge in [0.2, 0.25) is 0 Å². The van der Waals surface area contributed by atoms with Crippen molar-refractivity contribution in [1.82, 2.24) is 4.90 Å². The monoisotopic (exact) mass is 296 g/mol. The lowest BCUT2D eigenvalue weighted by atomic mass is 10.2. The predicted molar refractivity (Wildman–Crippen MR) is 84.8 cm³/mol. The van der Waals surface area contributed by atoms with Crippen LogP contribution in [0.15, 0.2) is 11.4 Å². The van der Waals surface area contributed by atoms with Gasteiger partial charge in [-0.2, -0.15) is 11.8 Å². The fourth-order valence-electron chi connectivity index (χ4n) is 1.74. The smallest absolute Gasteiger partial charge is 0.265 e. The molecule has 0 aliphatic heterocycles. The molecule has 0 bridgehead atoms. The van der Waals surface area contributed by atoms with Gasteiger partial charge in [-0.05, 0) is 24.1 Å². The third-order valence-corrected chi connectivity index (χ3v) is 4.50. The molecule has 0 fully saturated rings. The van der Waals surface area contributed by atoms with Crippen LogP contribution >= 0.6 is 23.1 Å². The van der Waals surface area contributed by atoms with Crippen LogP contribution in [0.3, 0.4) is 0 Å². The van der Waals surface area contributed by atoms with Gasteiger partial charge >= 0.3 is 0 Å². The largest absolute Gasteiger partial charge is 0.337 e. The van der Waals surface area contributed by atoms with Gasteiger partial charge in [0.25, 0.3) is 5.91 Å². The molecule has 1 heterocycles. The average Bonchev–Trinajstić information content (AvgIpc) is 2.89. The SMILES string of the molecule is CCC(CSC)N(C)C(=O)c1sccc1C#CCN. The van der Waals surface area contributed by atoms with Gasteiger partial charge in [-0.1, -0.05) is 18.8 Å². The van der Waals surface area contributed by atoms with E-state index in [0.717, 1.165) is 17.7 Å². The van der Waals surface area contributed by atoms with Gasteiger partial charge in [-0.3, -0.25) is 4.79 Å². The average molecular weight is 296 g/mol. The highest BCUT2D eigenvalue weighted by Crippen LogP contribution is 2.20. The molecule has 0 saturated carbocycles. The van der Waals surface area contributed by atoms with Crippen LogP contribution in [-0.2, 0) is 0 Å². The Morgan fingerprint density at radius 3 is 2.95 bits per heavy atom. The minimum Gasteiger partial charge on any atom is -0.337 e. The number of rotatable bonds is 5. The molecule has 2 N–H and O–H groups in total. The number of carbonyl (C=O) groups excluding carboxylic acids is 1. The summed E-state index contributed by atoms with van der Waals surface area (Å²) in [6, 6.07) is 2.14. The molecule has 1 rings (SSSR count). The molecule has 0 aliphatic rings. The first-order valence-electron chi connectivity index (χ1n) is 6.18. The van der Waals surface area contributed by atoms with E-state index < -0.39 is 0 Å². The molecule has 104 valence electrons. The van der Waals surface area contributed by atoms with Crippen LogP contribution in [0.25, 0.3) is 0 Å². The van der Waals surface area contributed by atoms with Gasteiger partial charge in [-0.25, -0.2) is 0 Å². The van der Waals surface area contributed by atoms with E-state index >= 15 is 0 Å². The van der Waals surface area contributed by atoms with Gasteiger partial charge in [0.1, 0.15) is 4.88 Å². The van der Waals surface area contributed by atoms with Gasteiger partial charge in [0.15, 0.2) is 0 Å². The first-order chi connectivity index (χ1) is 9.15. The van der Waals surface area contributed by atoms with Crippen molar-refractivity contribution in [3.63, 3.8) is 0 Å². The van der Waals surface area contributed by atoms with Crippen molar-refractivity contribution in [1.29, 1.82) is 0 Å². The summed E-state index contributed by atoms with van der Waals surface area (Å²) in [5, 5.41) is 1.90. The number of nitrogens with two attached hydrogens (primary N) is 1. The van der Waals surface area contributed by atoms with Gasteiger partial charge < -0.3 is 10.6 Å². The Morgan fingerprint density at radius 1 is 1.63 bits per heavy atom. The van der Waals surface area contributed by atoms with Crippen molar-refractivity contribution in [2.45, 2.75) is 19.4 Å². The minimum atomic E-state index is 0.0530. The number of amides is 1. The molecule has 1 unspecified atom stereocenters. The van der Waals surface area contributed by atoms with E-state index in [1.807, 2.05) is 23.4 Å². The maximum atomic E-state index is 12.5. The lowest BCUT2D eigenvalue weighted by Crippen LogP contribution is -2.38. The van der Waals surface area contributed by atoms with Gasteiger partial charge in [-0.15, -0.1) is 11.3 Å². The number of thioether (sulfide) groups is 1. The maximum absolute atomic E-state index is 12.5. The van der Waals surface area contributed by atoms with Crippen LogP contribution < -0.4 is 5.73 Å². The molecule has 0 spiro atoms. The second kappa shape index (κ2) is 8.26. The van der Waals surface area contributed by atoms with Crippen LogP contribution in [0.2, 0.25) is 0 Å². The zero-order valence-corrected chi connectivity index (χ0v) is 13.2. The number of nitrogens with zero attached hydrogens (tertiary/aromatic N) is 1. The summed E-state index contributed by atoms with van der Waals surface area (Å²) in [4.78, 5) is 15.0. The van der Waals surface area contributed by atoms with Crippen molar-refractivity contribution in [3.8, 4) is 11.8 Å². The predicted octanol–water partition coefficient (Wildman–Crippen LogP) is 2.27. The molecule has 1 atom stereocenters. The van der Waals surface area contributed by atoms with E-state index in [1.165, 1.54) is 11.3 Å². The minimum absolute atomic E-state index is 0.0530. The van der Waals surface area contributed by atoms with E-state index in [0.29, 0.717) is 11.4 Å². The molecule has 1 aromatic heterocycles. The van der Waals surface area contributed by atoms with Crippen molar-refractivity contribution in [2.24, 2.45) is 5.73 Å². The maximum Gasteiger partial charge on any atom is 0.265 e. The third-order valence-electron chi connectivity index (χ3n) is 2.88. The second-order valence-corrected chi connectivity index (χ2v) is 5.93. The lowest BCUT2D eigenvalue weighted by molar-refractivity contribution is 0.0748. The number of hydrogen-bond donors (Lipinski definition) is 1. The van der Waals surface area contributed by atoms with Crippen LogP contribution in [-0.4, -0.2) is 42.4 Å². The zero-order valence-electron chi connectivity index (χ0n) is 11.6. The topological polar surface area (TPSA) is 46.3 Å². The fourth-order valence-corrected chi connectivity index (χ4v) is 3.42. The zero-order chi connectivity index (χ0) is 14.3. The molecule has 0 aliphatic carbocycles. The van der Waals surface area contributed by atoms with Crippen LogP contribution in [0.5, 0.6) is 0 Å². The first-order valence-corrected chi connectivity index (χ1v) is 8.45. The molecule has 5 heteroatoms. The molecule has 0 saturated heterocycles. The van der Waals surface area contributed by atoms with Crippen LogP contribution in [0.4, 0.5) is 0 Å². The Bertz CT molecular complexity index is 473. The molecular formula is C14H20N2OS2. The van der Waals surface area contributed by atoms with E-state index in [-0.39, 0.29) is 11.9 Å². The van der Waals surface area contributed by atoms with Crippen LogP contribution in [0.1, 0.15) is 28.6 Å². The van der Waals surface area contributed by atoms with Gasteiger partial charge in [0.05, 0.1) is 6.54 Å². The number of hydrogen-bond acceptors (Lipinski definition) is 4. The summed E-state index contributed by atoms with van der Waals surface area (Å²) < 4.78 is 0. The Kier molecular flexibility index (Phi) is 7.00. The van der Waals surface area contributed by atoms with Crippen molar-refractivity contribution < 1.29 is 4.79 Å². The molecule has 0 aromatic carbocycles.